The molecule has 0 aliphatic rings. The summed E-state index contributed by atoms with van der Waals surface area (Å²) in [6.07, 6.45) is 0. The van der Waals surface area contributed by atoms with E-state index in [0.29, 0.717) is 11.4 Å². The van der Waals surface area contributed by atoms with Crippen molar-refractivity contribution < 1.29 is 8.78 Å². The molecule has 0 radical (unpaired) electrons. The molecule has 0 spiro atoms. The summed E-state index contributed by atoms with van der Waals surface area (Å²) in [5, 5.41) is 0.215. The molecule has 84 valence electrons. The minimum absolute atomic E-state index is 0.215. The average Bonchev–Trinajstić information content (AvgIpc) is 2.20. The average molecular weight is 223 g/mol. The van der Waals surface area contributed by atoms with E-state index in [1.807, 2.05) is 0 Å². The summed E-state index contributed by atoms with van der Waals surface area (Å²) in [5.41, 5.74) is 4.58. The second kappa shape index (κ2) is 3.68. The van der Waals surface area contributed by atoms with Gasteiger partial charge in [0.1, 0.15) is 11.6 Å². The zero-order valence-electron chi connectivity index (χ0n) is 8.94. The lowest BCUT2D eigenvalue weighted by molar-refractivity contribution is 0.591. The number of nitrogen functional groups attached to an aromatic ring is 1. The van der Waals surface area contributed by atoms with E-state index in [2.05, 4.69) is 10.4 Å². The molecule has 2 aromatic rings. The quantitative estimate of drug-likeness (QED) is 0.576. The number of hydrogen-bond acceptors (Lipinski definition) is 3. The first kappa shape index (κ1) is 10.8. The number of aromatic nitrogens is 1. The molecular formula is C11H11F2N3. The first-order valence-corrected chi connectivity index (χ1v) is 4.77. The van der Waals surface area contributed by atoms with E-state index in [1.165, 1.54) is 6.07 Å². The molecule has 2 rings (SSSR count). The number of nitrogens with one attached hydrogen (secondary N) is 1. The molecule has 1 heterocycles. The second-order valence-corrected chi connectivity index (χ2v) is 3.62. The zero-order chi connectivity index (χ0) is 11.9. The highest BCUT2D eigenvalue weighted by Gasteiger charge is 2.13. The topological polar surface area (TPSA) is 50.9 Å². The molecule has 3 N–H and O–H groups in total. The molecule has 0 unspecified atom stereocenters. The maximum Gasteiger partial charge on any atom is 0.137 e. The van der Waals surface area contributed by atoms with Gasteiger partial charge in [-0.3, -0.25) is 10.8 Å². The minimum Gasteiger partial charge on any atom is -0.323 e. The SMILES string of the molecule is Cc1nc2cc(F)cc(F)c2c(NN)c1C. The number of fused-ring (bicyclic) bond motifs is 1. The number of rotatable bonds is 1. The van der Waals surface area contributed by atoms with Crippen molar-refractivity contribution in [2.24, 2.45) is 5.84 Å². The fourth-order valence-electron chi connectivity index (χ4n) is 1.71. The third-order valence-corrected chi connectivity index (χ3v) is 2.63. The van der Waals surface area contributed by atoms with Crippen LogP contribution in [0.1, 0.15) is 11.3 Å². The highest BCUT2D eigenvalue weighted by atomic mass is 19.1. The van der Waals surface area contributed by atoms with Crippen molar-refractivity contribution in [2.45, 2.75) is 13.8 Å². The summed E-state index contributed by atoms with van der Waals surface area (Å²) in [5.74, 6) is 4.04. The van der Waals surface area contributed by atoms with Gasteiger partial charge in [0.15, 0.2) is 0 Å². The highest BCUT2D eigenvalue weighted by Crippen LogP contribution is 2.29. The summed E-state index contributed by atoms with van der Waals surface area (Å²) in [7, 11) is 0. The number of nitrogens with two attached hydrogens (primary N) is 1. The van der Waals surface area contributed by atoms with Crippen LogP contribution in [0.25, 0.3) is 10.9 Å². The number of nitrogens with zero attached hydrogens (tertiary/aromatic N) is 1. The summed E-state index contributed by atoms with van der Waals surface area (Å²) in [4.78, 5) is 4.13. The molecule has 0 amide bonds. The fourth-order valence-corrected chi connectivity index (χ4v) is 1.71. The van der Waals surface area contributed by atoms with E-state index >= 15 is 0 Å². The van der Waals surface area contributed by atoms with E-state index in [9.17, 15) is 8.78 Å². The van der Waals surface area contributed by atoms with Crippen LogP contribution in [0.3, 0.4) is 0 Å². The van der Waals surface area contributed by atoms with E-state index in [4.69, 9.17) is 5.84 Å². The lowest BCUT2D eigenvalue weighted by Gasteiger charge is -2.12. The van der Waals surface area contributed by atoms with Gasteiger partial charge in [-0.2, -0.15) is 0 Å². The van der Waals surface area contributed by atoms with Gasteiger partial charge in [-0.1, -0.05) is 0 Å². The highest BCUT2D eigenvalue weighted by molar-refractivity contribution is 5.93. The number of aryl methyl sites for hydroxylation is 1. The molecular weight excluding hydrogens is 212 g/mol. The Bertz CT molecular complexity index is 567. The number of hydrogen-bond donors (Lipinski definition) is 2. The van der Waals surface area contributed by atoms with Crippen LogP contribution in [0.5, 0.6) is 0 Å². The molecule has 0 saturated heterocycles. The second-order valence-electron chi connectivity index (χ2n) is 3.62. The number of pyridine rings is 1. The third kappa shape index (κ3) is 1.49. The lowest BCUT2D eigenvalue weighted by Crippen LogP contribution is -2.11. The minimum atomic E-state index is -0.668. The van der Waals surface area contributed by atoms with Crippen molar-refractivity contribution in [3.63, 3.8) is 0 Å². The van der Waals surface area contributed by atoms with Crippen LogP contribution in [0.2, 0.25) is 0 Å². The van der Waals surface area contributed by atoms with Crippen LogP contribution < -0.4 is 11.3 Å². The van der Waals surface area contributed by atoms with Gasteiger partial charge < -0.3 is 5.43 Å². The Morgan fingerprint density at radius 3 is 2.56 bits per heavy atom. The molecule has 0 aliphatic heterocycles. The Hall–Kier alpha value is -1.75. The first-order valence-electron chi connectivity index (χ1n) is 4.77. The number of anilines is 1. The van der Waals surface area contributed by atoms with Crippen molar-refractivity contribution >= 4 is 16.6 Å². The first-order chi connectivity index (χ1) is 7.54. The van der Waals surface area contributed by atoms with Crippen LogP contribution in [0.4, 0.5) is 14.5 Å². The van der Waals surface area contributed by atoms with Crippen molar-refractivity contribution in [1.29, 1.82) is 0 Å². The van der Waals surface area contributed by atoms with Gasteiger partial charge in [0.05, 0.1) is 16.6 Å². The lowest BCUT2D eigenvalue weighted by atomic mass is 10.1. The molecule has 3 nitrogen and oxygen atoms in total. The van der Waals surface area contributed by atoms with E-state index in [0.717, 1.165) is 11.6 Å². The van der Waals surface area contributed by atoms with Crippen molar-refractivity contribution in [2.75, 3.05) is 5.43 Å². The number of benzene rings is 1. The van der Waals surface area contributed by atoms with Gasteiger partial charge in [-0.15, -0.1) is 0 Å². The summed E-state index contributed by atoms with van der Waals surface area (Å²) < 4.78 is 26.7. The molecule has 0 bridgehead atoms. The fraction of sp³-hybridized carbons (Fsp3) is 0.182. The number of hydrazine groups is 1. The maximum atomic E-state index is 13.6. The molecule has 0 saturated carbocycles. The van der Waals surface area contributed by atoms with Crippen LogP contribution in [0.15, 0.2) is 12.1 Å². The van der Waals surface area contributed by atoms with Gasteiger partial charge in [0.25, 0.3) is 0 Å². The monoisotopic (exact) mass is 223 g/mol. The van der Waals surface area contributed by atoms with Gasteiger partial charge in [-0.25, -0.2) is 8.78 Å². The smallest absolute Gasteiger partial charge is 0.137 e. The Morgan fingerprint density at radius 1 is 1.25 bits per heavy atom. The van der Waals surface area contributed by atoms with Crippen LogP contribution in [0, 0.1) is 25.5 Å². The van der Waals surface area contributed by atoms with E-state index in [1.54, 1.807) is 13.8 Å². The normalized spacial score (nSPS) is 10.8. The van der Waals surface area contributed by atoms with Gasteiger partial charge in [0.2, 0.25) is 0 Å². The summed E-state index contributed by atoms with van der Waals surface area (Å²) >= 11 is 0. The van der Waals surface area contributed by atoms with Gasteiger partial charge >= 0.3 is 0 Å². The van der Waals surface area contributed by atoms with E-state index in [-0.39, 0.29) is 10.9 Å². The Kier molecular flexibility index (Phi) is 2.47. The standard InChI is InChI=1S/C11H11F2N3/c1-5-6(2)15-9-4-7(12)3-8(13)10(9)11(5)16-14/h3-4H,14H2,1-2H3,(H,15,16). The Labute approximate surface area is 91.3 Å². The van der Waals surface area contributed by atoms with Crippen LogP contribution >= 0.6 is 0 Å². The Balaban J connectivity index is 2.96. The molecule has 0 aliphatic carbocycles. The third-order valence-electron chi connectivity index (χ3n) is 2.63. The predicted octanol–water partition coefficient (Wildman–Crippen LogP) is 2.42. The maximum absolute atomic E-state index is 13.6. The summed E-state index contributed by atoms with van der Waals surface area (Å²) in [6.45, 7) is 3.54. The van der Waals surface area contributed by atoms with Crippen molar-refractivity contribution in [1.82, 2.24) is 4.98 Å². The zero-order valence-corrected chi connectivity index (χ0v) is 8.94. The van der Waals surface area contributed by atoms with Crippen LogP contribution in [-0.2, 0) is 0 Å². The van der Waals surface area contributed by atoms with Crippen molar-refractivity contribution in [3.05, 3.63) is 35.0 Å². The molecule has 0 fully saturated rings. The molecule has 16 heavy (non-hydrogen) atoms. The van der Waals surface area contributed by atoms with Gasteiger partial charge in [-0.05, 0) is 19.4 Å². The predicted molar refractivity (Wildman–Crippen MR) is 58.9 cm³/mol. The molecule has 5 heteroatoms. The molecule has 0 atom stereocenters. The van der Waals surface area contributed by atoms with Crippen molar-refractivity contribution in [3.8, 4) is 0 Å². The Morgan fingerprint density at radius 2 is 1.94 bits per heavy atom. The number of halogens is 2. The van der Waals surface area contributed by atoms with Gasteiger partial charge in [0, 0.05) is 17.8 Å². The molecule has 1 aromatic carbocycles. The van der Waals surface area contributed by atoms with Crippen LogP contribution in [-0.4, -0.2) is 4.98 Å². The van der Waals surface area contributed by atoms with E-state index < -0.39 is 11.6 Å². The summed E-state index contributed by atoms with van der Waals surface area (Å²) in [6, 6.07) is 2.01. The largest absolute Gasteiger partial charge is 0.323 e. The molecule has 1 aromatic heterocycles.